The van der Waals surface area contributed by atoms with Gasteiger partial charge in [0.25, 0.3) is 6.71 Å². The molecular weight excluding hydrogens is 727 g/mol. The molecule has 2 aliphatic heterocycles. The van der Waals surface area contributed by atoms with Gasteiger partial charge in [0.05, 0.1) is 11.3 Å². The van der Waals surface area contributed by atoms with Gasteiger partial charge in [0, 0.05) is 33.8 Å². The summed E-state index contributed by atoms with van der Waals surface area (Å²) in [5.41, 5.74) is 22.9. The summed E-state index contributed by atoms with van der Waals surface area (Å²) in [6, 6.07) is 31.6. The molecule has 3 aliphatic rings. The van der Waals surface area contributed by atoms with Crippen molar-refractivity contribution in [3.8, 4) is 0 Å². The number of furan rings is 1. The van der Waals surface area contributed by atoms with Crippen molar-refractivity contribution in [2.75, 3.05) is 9.80 Å². The van der Waals surface area contributed by atoms with Crippen molar-refractivity contribution in [1.29, 1.82) is 0 Å². The lowest BCUT2D eigenvalue weighted by molar-refractivity contribution is 0.332. The first-order valence-electron chi connectivity index (χ1n) is 22.7. The summed E-state index contributed by atoms with van der Waals surface area (Å²) in [4.78, 5) is 5.21. The smallest absolute Gasteiger partial charge is 0.297 e. The highest BCUT2D eigenvalue weighted by Crippen LogP contribution is 2.53. The summed E-state index contributed by atoms with van der Waals surface area (Å²) < 4.78 is 7.54. The lowest BCUT2D eigenvalue weighted by Gasteiger charge is -2.44. The van der Waals surface area contributed by atoms with Gasteiger partial charge in [-0.1, -0.05) is 133 Å². The predicted molar refractivity (Wildman–Crippen MR) is 261 cm³/mol. The van der Waals surface area contributed by atoms with Crippen LogP contribution < -0.4 is 26.4 Å². The van der Waals surface area contributed by atoms with Crippen LogP contribution in [0.25, 0.3) is 11.0 Å². The lowest BCUT2D eigenvalue weighted by atomic mass is 9.35. The van der Waals surface area contributed by atoms with Crippen LogP contribution in [0.4, 0.5) is 34.1 Å². The second-order valence-corrected chi connectivity index (χ2v) is 22.7. The van der Waals surface area contributed by atoms with Crippen LogP contribution in [0, 0.1) is 13.8 Å². The minimum Gasteiger partial charge on any atom is -0.468 e. The van der Waals surface area contributed by atoms with Crippen molar-refractivity contribution in [2.45, 2.75) is 157 Å². The summed E-state index contributed by atoms with van der Waals surface area (Å²) in [6.07, 6.45) is 2.33. The van der Waals surface area contributed by atoms with Crippen molar-refractivity contribution < 1.29 is 4.42 Å². The second-order valence-electron chi connectivity index (χ2n) is 22.7. The predicted octanol–water partition coefficient (Wildman–Crippen LogP) is 14.3. The molecule has 0 N–H and O–H groups in total. The van der Waals surface area contributed by atoms with Crippen molar-refractivity contribution in [3.63, 3.8) is 0 Å². The number of aryl methyl sites for hydroxylation is 2. The average Bonchev–Trinajstić information content (AvgIpc) is 3.53. The largest absolute Gasteiger partial charge is 0.468 e. The fourth-order valence-corrected chi connectivity index (χ4v) is 10.5. The number of hydrogen-bond donors (Lipinski definition) is 0. The number of rotatable bonds is 4. The maximum absolute atomic E-state index is 7.54. The first-order chi connectivity index (χ1) is 28.0. The Morgan fingerprint density at radius 2 is 1.08 bits per heavy atom. The van der Waals surface area contributed by atoms with E-state index in [0.717, 1.165) is 24.1 Å². The van der Waals surface area contributed by atoms with E-state index in [4.69, 9.17) is 4.42 Å². The van der Waals surface area contributed by atoms with Crippen LogP contribution in [0.15, 0.2) is 83.3 Å². The number of hydrogen-bond acceptors (Lipinski definition) is 3. The van der Waals surface area contributed by atoms with Crippen LogP contribution in [0.5, 0.6) is 0 Å². The molecule has 4 heteroatoms. The Labute approximate surface area is 361 Å². The average molecular weight is 795 g/mol. The van der Waals surface area contributed by atoms with E-state index in [9.17, 15) is 0 Å². The van der Waals surface area contributed by atoms with E-state index >= 15 is 0 Å². The van der Waals surface area contributed by atoms with E-state index in [2.05, 4.69) is 199 Å². The molecule has 0 spiro atoms. The summed E-state index contributed by atoms with van der Waals surface area (Å²) in [6.45, 7) is 37.5. The van der Waals surface area contributed by atoms with E-state index in [1.807, 2.05) is 0 Å². The number of nitrogens with zero attached hydrogens (tertiary/aromatic N) is 2. The standard InChI is InChI=1S/C56H67BN2O/c1-32(2)36-17-20-44(34(5)25-36)58-46-21-18-37(33(3)4)27-43(46)57-50-47(58)28-39(54(10,11)12)29-48(50)59(45-22-19-38(26-35(45)6)53(7,8)9)51-40-30-41-42(31-49(40)60-52(51)57)56(15,16)24-23-55(41,13)14/h17-22,25-33H,23-24H2,1-16H3. The van der Waals surface area contributed by atoms with E-state index < -0.39 is 0 Å². The van der Waals surface area contributed by atoms with Gasteiger partial charge >= 0.3 is 0 Å². The van der Waals surface area contributed by atoms with Crippen molar-refractivity contribution >= 4 is 68.4 Å². The molecule has 3 heterocycles. The topological polar surface area (TPSA) is 19.6 Å². The Morgan fingerprint density at radius 1 is 0.567 bits per heavy atom. The van der Waals surface area contributed by atoms with E-state index in [1.165, 1.54) is 94.9 Å². The molecule has 310 valence electrons. The molecule has 0 fully saturated rings. The van der Waals surface area contributed by atoms with Gasteiger partial charge < -0.3 is 14.2 Å². The van der Waals surface area contributed by atoms with Crippen LogP contribution >= 0.6 is 0 Å². The Kier molecular flexibility index (Phi) is 9.09. The van der Waals surface area contributed by atoms with Crippen LogP contribution in [0.2, 0.25) is 0 Å². The highest BCUT2D eigenvalue weighted by atomic mass is 16.3. The fraction of sp³-hybridized carbons (Fsp3) is 0.429. The molecule has 0 saturated heterocycles. The SMILES string of the molecule is Cc1cc(C(C)C)ccc1N1c2ccc(C(C)C)cc2B2c3oc4cc5c(cc4c3N(c3ccc(C(C)(C)C)cc3C)c3cc(C(C)(C)C)cc1c32)C(C)(C)CCC5(C)C. The molecule has 0 amide bonds. The number of fused-ring (bicyclic) bond motifs is 7. The molecule has 0 unspecified atom stereocenters. The van der Waals surface area contributed by atoms with Crippen molar-refractivity contribution in [2.24, 2.45) is 0 Å². The van der Waals surface area contributed by atoms with Gasteiger partial charge in [-0.3, -0.25) is 0 Å². The zero-order valence-corrected chi connectivity index (χ0v) is 39.5. The van der Waals surface area contributed by atoms with Crippen LogP contribution in [0.3, 0.4) is 0 Å². The summed E-state index contributed by atoms with van der Waals surface area (Å²) in [5, 5.41) is 1.21. The Balaban J connectivity index is 1.45. The maximum Gasteiger partial charge on any atom is 0.297 e. The van der Waals surface area contributed by atoms with Gasteiger partial charge in [-0.15, -0.1) is 0 Å². The normalized spacial score (nSPS) is 16.7. The third-order valence-corrected chi connectivity index (χ3v) is 14.6. The molecule has 0 bridgehead atoms. The zero-order valence-electron chi connectivity index (χ0n) is 39.5. The molecule has 1 aliphatic carbocycles. The molecule has 5 aromatic carbocycles. The summed E-state index contributed by atoms with van der Waals surface area (Å²) in [7, 11) is 0. The molecule has 1 aromatic heterocycles. The fourth-order valence-electron chi connectivity index (χ4n) is 10.5. The highest BCUT2D eigenvalue weighted by Gasteiger charge is 2.48. The van der Waals surface area contributed by atoms with E-state index in [0.29, 0.717) is 11.8 Å². The zero-order chi connectivity index (χ0) is 43.2. The second kappa shape index (κ2) is 13.4. The molecule has 3 nitrogen and oxygen atoms in total. The van der Waals surface area contributed by atoms with Gasteiger partial charge in [0.1, 0.15) is 5.58 Å². The number of anilines is 6. The van der Waals surface area contributed by atoms with Gasteiger partial charge in [-0.2, -0.15) is 0 Å². The first kappa shape index (κ1) is 40.7. The third-order valence-electron chi connectivity index (χ3n) is 14.6. The number of benzene rings is 5. The van der Waals surface area contributed by atoms with Crippen molar-refractivity contribution in [3.05, 3.63) is 123 Å². The first-order valence-corrected chi connectivity index (χ1v) is 22.7. The van der Waals surface area contributed by atoms with Gasteiger partial charge in [-0.05, 0) is 158 Å². The highest BCUT2D eigenvalue weighted by molar-refractivity contribution is 7.00. The molecular formula is C56H67BN2O. The van der Waals surface area contributed by atoms with Gasteiger partial charge in [0.2, 0.25) is 0 Å². The lowest BCUT2D eigenvalue weighted by Crippen LogP contribution is -2.61. The van der Waals surface area contributed by atoms with Crippen molar-refractivity contribution in [1.82, 2.24) is 0 Å². The quantitative estimate of drug-likeness (QED) is 0.165. The molecule has 0 atom stereocenters. The molecule has 0 radical (unpaired) electrons. The minimum absolute atomic E-state index is 0.0356. The molecule has 0 saturated carbocycles. The van der Waals surface area contributed by atoms with Gasteiger partial charge in [-0.25, -0.2) is 0 Å². The molecule has 60 heavy (non-hydrogen) atoms. The Morgan fingerprint density at radius 3 is 1.65 bits per heavy atom. The summed E-state index contributed by atoms with van der Waals surface area (Å²) >= 11 is 0. The maximum atomic E-state index is 7.54. The Bertz CT molecular complexity index is 2730. The van der Waals surface area contributed by atoms with E-state index in [1.54, 1.807) is 0 Å². The Hall–Kier alpha value is -4.70. The molecule has 9 rings (SSSR count). The third kappa shape index (κ3) is 6.20. The summed E-state index contributed by atoms with van der Waals surface area (Å²) in [5.74, 6) is 0.839. The van der Waals surface area contributed by atoms with Crippen LogP contribution in [0.1, 0.15) is 166 Å². The monoisotopic (exact) mass is 795 g/mol. The molecule has 6 aromatic rings. The van der Waals surface area contributed by atoms with Crippen LogP contribution in [-0.4, -0.2) is 6.71 Å². The van der Waals surface area contributed by atoms with E-state index in [-0.39, 0.29) is 28.4 Å². The van der Waals surface area contributed by atoms with Gasteiger partial charge in [0.15, 0.2) is 0 Å². The minimum atomic E-state index is -0.102. The van der Waals surface area contributed by atoms with Crippen LogP contribution in [-0.2, 0) is 21.7 Å².